The number of esters is 1. The van der Waals surface area contributed by atoms with Crippen LogP contribution in [-0.4, -0.2) is 55.4 Å². The highest BCUT2D eigenvalue weighted by Crippen LogP contribution is 2.33. The van der Waals surface area contributed by atoms with E-state index in [2.05, 4.69) is 11.9 Å². The number of hydrogen-bond acceptors (Lipinski definition) is 5. The first-order valence-corrected chi connectivity index (χ1v) is 7.32. The summed E-state index contributed by atoms with van der Waals surface area (Å²) >= 11 is 0. The molecule has 110 valence electrons. The maximum atomic E-state index is 11.9. The molecule has 1 aliphatic carbocycles. The van der Waals surface area contributed by atoms with Crippen molar-refractivity contribution in [1.29, 1.82) is 0 Å². The Bertz CT molecular complexity index is 318. The van der Waals surface area contributed by atoms with Crippen LogP contribution in [0.1, 0.15) is 39.0 Å². The van der Waals surface area contributed by atoms with Crippen LogP contribution in [0.5, 0.6) is 0 Å². The number of nitrogens with two attached hydrogens (primary N) is 1. The quantitative estimate of drug-likeness (QED) is 0.769. The minimum atomic E-state index is -0.778. The summed E-state index contributed by atoms with van der Waals surface area (Å²) in [6.45, 7) is 3.90. The second kappa shape index (κ2) is 6.20. The predicted octanol–water partition coefficient (Wildman–Crippen LogP) is 0.910. The summed E-state index contributed by atoms with van der Waals surface area (Å²) in [5.41, 5.74) is 5.44. The van der Waals surface area contributed by atoms with Gasteiger partial charge in [0.25, 0.3) is 0 Å². The third-order valence-electron chi connectivity index (χ3n) is 4.55. The highest BCUT2D eigenvalue weighted by molar-refractivity contribution is 5.81. The van der Waals surface area contributed by atoms with E-state index < -0.39 is 5.54 Å². The van der Waals surface area contributed by atoms with Crippen LogP contribution in [-0.2, 0) is 14.3 Å². The van der Waals surface area contributed by atoms with Gasteiger partial charge in [-0.25, -0.2) is 0 Å². The van der Waals surface area contributed by atoms with Crippen LogP contribution < -0.4 is 5.73 Å². The Kier molecular flexibility index (Phi) is 4.81. The molecule has 2 atom stereocenters. The van der Waals surface area contributed by atoms with E-state index in [1.165, 1.54) is 0 Å². The Hall–Kier alpha value is -0.650. The standard InChI is InChI=1S/C14H26N2O3/c1-3-19-13(17)14(15)7-4-12(10-14)16(2)11-5-8-18-9-6-11/h11-12H,3-10,15H2,1-2H3. The zero-order valence-electron chi connectivity index (χ0n) is 12.1. The summed E-state index contributed by atoms with van der Waals surface area (Å²) in [5.74, 6) is -0.238. The van der Waals surface area contributed by atoms with Gasteiger partial charge in [-0.2, -0.15) is 0 Å². The van der Waals surface area contributed by atoms with E-state index >= 15 is 0 Å². The molecule has 5 heteroatoms. The lowest BCUT2D eigenvalue weighted by Gasteiger charge is -2.36. The van der Waals surface area contributed by atoms with E-state index in [0.717, 1.165) is 38.9 Å². The number of rotatable bonds is 4. The van der Waals surface area contributed by atoms with Crippen LogP contribution in [0.2, 0.25) is 0 Å². The van der Waals surface area contributed by atoms with Crippen LogP contribution in [0.3, 0.4) is 0 Å². The minimum absolute atomic E-state index is 0.238. The highest BCUT2D eigenvalue weighted by Gasteiger charge is 2.45. The molecule has 2 N–H and O–H groups in total. The van der Waals surface area contributed by atoms with Crippen LogP contribution in [0, 0.1) is 0 Å². The average Bonchev–Trinajstić information content (AvgIpc) is 2.83. The van der Waals surface area contributed by atoms with Crippen LogP contribution in [0.25, 0.3) is 0 Å². The van der Waals surface area contributed by atoms with Crippen molar-refractivity contribution in [2.45, 2.75) is 56.7 Å². The molecule has 1 saturated carbocycles. The molecule has 0 spiro atoms. The molecule has 1 aliphatic heterocycles. The van der Waals surface area contributed by atoms with Crippen molar-refractivity contribution in [1.82, 2.24) is 4.90 Å². The molecule has 0 amide bonds. The number of nitrogens with zero attached hydrogens (tertiary/aromatic N) is 1. The fourth-order valence-corrected chi connectivity index (χ4v) is 3.25. The second-order valence-corrected chi connectivity index (χ2v) is 5.78. The molecule has 1 heterocycles. The largest absolute Gasteiger partial charge is 0.465 e. The normalized spacial score (nSPS) is 32.7. The monoisotopic (exact) mass is 270 g/mol. The highest BCUT2D eigenvalue weighted by atomic mass is 16.5. The van der Waals surface area contributed by atoms with E-state index in [0.29, 0.717) is 25.1 Å². The Labute approximate surface area is 115 Å². The van der Waals surface area contributed by atoms with Gasteiger partial charge in [-0.3, -0.25) is 4.79 Å². The zero-order chi connectivity index (χ0) is 13.9. The lowest BCUT2D eigenvalue weighted by molar-refractivity contribution is -0.149. The summed E-state index contributed by atoms with van der Waals surface area (Å²) in [6.07, 6.45) is 4.56. The number of carbonyl (C=O) groups is 1. The second-order valence-electron chi connectivity index (χ2n) is 5.78. The van der Waals surface area contributed by atoms with Gasteiger partial charge in [0.2, 0.25) is 0 Å². The summed E-state index contributed by atoms with van der Waals surface area (Å²) in [6, 6.07) is 0.945. The Morgan fingerprint density at radius 2 is 2.05 bits per heavy atom. The van der Waals surface area contributed by atoms with Crippen LogP contribution >= 0.6 is 0 Å². The van der Waals surface area contributed by atoms with Gasteiger partial charge in [0.15, 0.2) is 0 Å². The van der Waals surface area contributed by atoms with Crippen LogP contribution in [0.4, 0.5) is 0 Å². The average molecular weight is 270 g/mol. The summed E-state index contributed by atoms with van der Waals surface area (Å²) in [4.78, 5) is 14.3. The molecular weight excluding hydrogens is 244 g/mol. The molecule has 0 aromatic heterocycles. The maximum absolute atomic E-state index is 11.9. The molecule has 2 aliphatic rings. The summed E-state index contributed by atoms with van der Waals surface area (Å²) in [7, 11) is 2.15. The minimum Gasteiger partial charge on any atom is -0.465 e. The van der Waals surface area contributed by atoms with Gasteiger partial charge in [0.05, 0.1) is 6.61 Å². The Morgan fingerprint density at radius 1 is 1.37 bits per heavy atom. The molecule has 19 heavy (non-hydrogen) atoms. The fraction of sp³-hybridized carbons (Fsp3) is 0.929. The number of ether oxygens (including phenoxy) is 2. The summed E-state index contributed by atoms with van der Waals surface area (Å²) in [5, 5.41) is 0. The van der Waals surface area contributed by atoms with E-state index in [9.17, 15) is 4.79 Å². The van der Waals surface area contributed by atoms with Crippen molar-refractivity contribution in [3.05, 3.63) is 0 Å². The van der Waals surface area contributed by atoms with Crippen molar-refractivity contribution in [3.63, 3.8) is 0 Å². The maximum Gasteiger partial charge on any atom is 0.326 e. The first-order chi connectivity index (χ1) is 9.07. The fourth-order valence-electron chi connectivity index (χ4n) is 3.25. The molecule has 0 aromatic carbocycles. The number of hydrogen-bond donors (Lipinski definition) is 1. The smallest absolute Gasteiger partial charge is 0.326 e. The topological polar surface area (TPSA) is 64.8 Å². The lowest BCUT2D eigenvalue weighted by Crippen LogP contribution is -2.49. The van der Waals surface area contributed by atoms with Crippen molar-refractivity contribution in [2.75, 3.05) is 26.9 Å². The Balaban J connectivity index is 1.91. The van der Waals surface area contributed by atoms with E-state index in [1.807, 2.05) is 6.92 Å². The molecule has 1 saturated heterocycles. The first-order valence-electron chi connectivity index (χ1n) is 7.32. The molecule has 2 unspecified atom stereocenters. The molecule has 2 fully saturated rings. The van der Waals surface area contributed by atoms with Crippen molar-refractivity contribution < 1.29 is 14.3 Å². The van der Waals surface area contributed by atoms with E-state index in [-0.39, 0.29) is 5.97 Å². The zero-order valence-corrected chi connectivity index (χ0v) is 12.1. The Morgan fingerprint density at radius 3 is 2.68 bits per heavy atom. The SMILES string of the molecule is CCOC(=O)C1(N)CCC(N(C)C2CCOCC2)C1. The molecular formula is C14H26N2O3. The molecule has 0 radical (unpaired) electrons. The van der Waals surface area contributed by atoms with Crippen LogP contribution in [0.15, 0.2) is 0 Å². The lowest BCUT2D eigenvalue weighted by atomic mass is 9.98. The van der Waals surface area contributed by atoms with E-state index in [4.69, 9.17) is 15.2 Å². The van der Waals surface area contributed by atoms with Gasteiger partial charge in [0.1, 0.15) is 5.54 Å². The van der Waals surface area contributed by atoms with Gasteiger partial charge in [0, 0.05) is 25.3 Å². The summed E-state index contributed by atoms with van der Waals surface area (Å²) < 4.78 is 10.5. The third kappa shape index (κ3) is 3.27. The number of carbonyl (C=O) groups excluding carboxylic acids is 1. The molecule has 5 nitrogen and oxygen atoms in total. The predicted molar refractivity (Wildman–Crippen MR) is 72.8 cm³/mol. The molecule has 0 bridgehead atoms. The van der Waals surface area contributed by atoms with Gasteiger partial charge >= 0.3 is 5.97 Å². The molecule has 0 aromatic rings. The van der Waals surface area contributed by atoms with E-state index in [1.54, 1.807) is 0 Å². The van der Waals surface area contributed by atoms with Gasteiger partial charge in [-0.1, -0.05) is 0 Å². The van der Waals surface area contributed by atoms with Gasteiger partial charge in [-0.05, 0) is 46.1 Å². The first kappa shape index (κ1) is 14.8. The molecule has 2 rings (SSSR count). The van der Waals surface area contributed by atoms with Crippen molar-refractivity contribution >= 4 is 5.97 Å². The third-order valence-corrected chi connectivity index (χ3v) is 4.55. The van der Waals surface area contributed by atoms with Crippen molar-refractivity contribution in [3.8, 4) is 0 Å². The van der Waals surface area contributed by atoms with Crippen molar-refractivity contribution in [2.24, 2.45) is 5.73 Å². The van der Waals surface area contributed by atoms with Gasteiger partial charge < -0.3 is 20.1 Å². The van der Waals surface area contributed by atoms with Gasteiger partial charge in [-0.15, -0.1) is 0 Å².